The molecule has 0 bridgehead atoms. The molecule has 0 unspecified atom stereocenters. The van der Waals surface area contributed by atoms with Gasteiger partial charge < -0.3 is 13.8 Å². The maximum Gasteiger partial charge on any atom is 0.268 e. The summed E-state index contributed by atoms with van der Waals surface area (Å²) in [7, 11) is 0. The van der Waals surface area contributed by atoms with Crippen LogP contribution in [0, 0.1) is 0 Å². The number of hydrogen-bond donors (Lipinski definition) is 0. The van der Waals surface area contributed by atoms with Gasteiger partial charge in [-0.2, -0.15) is 4.98 Å². The molecule has 1 fully saturated rings. The molecular formula is C22H21N5O3S. The summed E-state index contributed by atoms with van der Waals surface area (Å²) in [5.41, 5.74) is 1.55. The van der Waals surface area contributed by atoms with E-state index >= 15 is 0 Å². The van der Waals surface area contributed by atoms with Gasteiger partial charge >= 0.3 is 0 Å². The van der Waals surface area contributed by atoms with Crippen LogP contribution >= 0.6 is 11.3 Å². The molecule has 9 heteroatoms. The molecule has 1 aliphatic rings. The van der Waals surface area contributed by atoms with Crippen LogP contribution in [0.25, 0.3) is 22.2 Å². The third-order valence-corrected chi connectivity index (χ3v) is 6.05. The van der Waals surface area contributed by atoms with Crippen LogP contribution in [-0.4, -0.2) is 57.0 Å². The van der Waals surface area contributed by atoms with Gasteiger partial charge in [-0.15, -0.1) is 11.3 Å². The lowest BCUT2D eigenvalue weighted by Crippen LogP contribution is -2.48. The SMILES string of the molecule is O=C(Cc1coc(-c2ccccc2)n1)N1CCN(Cc2noc(-c3cccs3)n2)CC1. The van der Waals surface area contributed by atoms with E-state index in [0.29, 0.717) is 42.9 Å². The Balaban J connectivity index is 1.12. The van der Waals surface area contributed by atoms with Gasteiger partial charge in [-0.05, 0) is 23.6 Å². The molecule has 1 saturated heterocycles. The number of oxazole rings is 1. The quantitative estimate of drug-likeness (QED) is 0.459. The van der Waals surface area contributed by atoms with Crippen molar-refractivity contribution in [2.45, 2.75) is 13.0 Å². The van der Waals surface area contributed by atoms with E-state index in [0.717, 1.165) is 23.5 Å². The van der Waals surface area contributed by atoms with Crippen molar-refractivity contribution in [3.63, 3.8) is 0 Å². The Morgan fingerprint density at radius 2 is 1.84 bits per heavy atom. The Labute approximate surface area is 183 Å². The summed E-state index contributed by atoms with van der Waals surface area (Å²) >= 11 is 1.57. The molecule has 3 aromatic heterocycles. The zero-order valence-corrected chi connectivity index (χ0v) is 17.6. The number of piperazine rings is 1. The Morgan fingerprint density at radius 1 is 1.00 bits per heavy atom. The Hall–Kier alpha value is -3.30. The number of nitrogens with zero attached hydrogens (tertiary/aromatic N) is 5. The molecule has 4 heterocycles. The van der Waals surface area contributed by atoms with Crippen molar-refractivity contribution in [2.24, 2.45) is 0 Å². The van der Waals surface area contributed by atoms with E-state index in [-0.39, 0.29) is 12.3 Å². The lowest BCUT2D eigenvalue weighted by molar-refractivity contribution is -0.132. The van der Waals surface area contributed by atoms with Gasteiger partial charge in [-0.3, -0.25) is 9.69 Å². The van der Waals surface area contributed by atoms with E-state index in [1.54, 1.807) is 17.6 Å². The molecule has 0 N–H and O–H groups in total. The molecule has 0 atom stereocenters. The van der Waals surface area contributed by atoms with Crippen LogP contribution in [0.1, 0.15) is 11.5 Å². The molecular weight excluding hydrogens is 414 g/mol. The largest absolute Gasteiger partial charge is 0.444 e. The molecule has 1 amide bonds. The number of carbonyl (C=O) groups is 1. The Bertz CT molecular complexity index is 1130. The lowest BCUT2D eigenvalue weighted by Gasteiger charge is -2.34. The minimum absolute atomic E-state index is 0.0621. The van der Waals surface area contributed by atoms with E-state index in [1.165, 1.54) is 0 Å². The molecule has 0 saturated carbocycles. The molecule has 4 aromatic rings. The van der Waals surface area contributed by atoms with E-state index < -0.39 is 0 Å². The van der Waals surface area contributed by atoms with Crippen LogP contribution in [-0.2, 0) is 17.8 Å². The summed E-state index contributed by atoms with van der Waals surface area (Å²) in [4.78, 5) is 26.7. The summed E-state index contributed by atoms with van der Waals surface area (Å²) in [6.45, 7) is 3.47. The summed E-state index contributed by atoms with van der Waals surface area (Å²) in [6.07, 6.45) is 1.81. The van der Waals surface area contributed by atoms with E-state index in [4.69, 9.17) is 8.94 Å². The molecule has 5 rings (SSSR count). The topological polar surface area (TPSA) is 88.5 Å². The monoisotopic (exact) mass is 435 g/mol. The van der Waals surface area contributed by atoms with Gasteiger partial charge in [0.2, 0.25) is 11.8 Å². The normalized spacial score (nSPS) is 14.8. The highest BCUT2D eigenvalue weighted by Gasteiger charge is 2.23. The highest BCUT2D eigenvalue weighted by molar-refractivity contribution is 7.13. The summed E-state index contributed by atoms with van der Waals surface area (Å²) in [5, 5.41) is 6.07. The van der Waals surface area contributed by atoms with Crippen molar-refractivity contribution in [1.82, 2.24) is 24.9 Å². The average Bonchev–Trinajstić information content (AvgIpc) is 3.57. The van der Waals surface area contributed by atoms with Crippen LogP contribution in [0.15, 0.2) is 63.0 Å². The van der Waals surface area contributed by atoms with Crippen LogP contribution in [0.4, 0.5) is 0 Å². The van der Waals surface area contributed by atoms with Crippen LogP contribution in [0.3, 0.4) is 0 Å². The van der Waals surface area contributed by atoms with Crippen LogP contribution < -0.4 is 0 Å². The predicted octanol–water partition coefficient (Wildman–Crippen LogP) is 3.34. The zero-order chi connectivity index (χ0) is 21.0. The number of benzene rings is 1. The fourth-order valence-corrected chi connectivity index (χ4v) is 4.19. The second-order valence-corrected chi connectivity index (χ2v) is 8.28. The molecule has 0 spiro atoms. The van der Waals surface area contributed by atoms with Gasteiger partial charge in [-0.25, -0.2) is 4.98 Å². The highest BCUT2D eigenvalue weighted by Crippen LogP contribution is 2.23. The average molecular weight is 436 g/mol. The van der Waals surface area contributed by atoms with Crippen LogP contribution in [0.2, 0.25) is 0 Å². The van der Waals surface area contributed by atoms with Crippen LogP contribution in [0.5, 0.6) is 0 Å². The lowest BCUT2D eigenvalue weighted by atomic mass is 10.2. The summed E-state index contributed by atoms with van der Waals surface area (Å²) in [6, 6.07) is 13.6. The minimum Gasteiger partial charge on any atom is -0.444 e. The van der Waals surface area contributed by atoms with Crippen molar-refractivity contribution in [3.05, 3.63) is 65.6 Å². The fraction of sp³-hybridized carbons (Fsp3) is 0.273. The van der Waals surface area contributed by atoms with E-state index in [9.17, 15) is 4.79 Å². The molecule has 8 nitrogen and oxygen atoms in total. The third-order valence-electron chi connectivity index (χ3n) is 5.19. The first-order chi connectivity index (χ1) is 15.2. The zero-order valence-electron chi connectivity index (χ0n) is 16.8. The van der Waals surface area contributed by atoms with Gasteiger partial charge in [0.15, 0.2) is 5.82 Å². The van der Waals surface area contributed by atoms with Crippen molar-refractivity contribution in [1.29, 1.82) is 0 Å². The van der Waals surface area contributed by atoms with Gasteiger partial charge in [0, 0.05) is 31.7 Å². The van der Waals surface area contributed by atoms with Crippen molar-refractivity contribution >= 4 is 17.2 Å². The van der Waals surface area contributed by atoms with Gasteiger partial charge in [0.1, 0.15) is 6.26 Å². The van der Waals surface area contributed by atoms with Crippen molar-refractivity contribution < 1.29 is 13.7 Å². The third kappa shape index (κ3) is 4.57. The van der Waals surface area contributed by atoms with E-state index in [2.05, 4.69) is 20.0 Å². The molecule has 0 aliphatic carbocycles. The number of carbonyl (C=O) groups excluding carboxylic acids is 1. The summed E-state index contributed by atoms with van der Waals surface area (Å²) < 4.78 is 10.9. The molecule has 0 radical (unpaired) electrons. The highest BCUT2D eigenvalue weighted by atomic mass is 32.1. The van der Waals surface area contributed by atoms with Crippen molar-refractivity contribution in [3.8, 4) is 22.2 Å². The Morgan fingerprint density at radius 3 is 2.61 bits per heavy atom. The smallest absolute Gasteiger partial charge is 0.268 e. The number of thiophene rings is 1. The summed E-state index contributed by atoms with van der Waals surface area (Å²) in [5.74, 6) is 1.82. The number of rotatable bonds is 6. The van der Waals surface area contributed by atoms with Gasteiger partial charge in [-0.1, -0.05) is 29.4 Å². The molecule has 1 aromatic carbocycles. The number of amides is 1. The van der Waals surface area contributed by atoms with Gasteiger partial charge in [0.05, 0.1) is 23.5 Å². The number of aromatic nitrogens is 3. The maximum absolute atomic E-state index is 12.7. The number of hydrogen-bond acceptors (Lipinski definition) is 8. The van der Waals surface area contributed by atoms with E-state index in [1.807, 2.05) is 52.7 Å². The second-order valence-electron chi connectivity index (χ2n) is 7.34. The standard InChI is InChI=1S/C22H21N5O3S/c28-20(13-17-15-29-21(23-17)16-5-2-1-3-6-16)27-10-8-26(9-11-27)14-19-24-22(30-25-19)18-7-4-12-31-18/h1-7,12,15H,8-11,13-14H2. The fourth-order valence-electron chi connectivity index (χ4n) is 3.54. The molecule has 1 aliphatic heterocycles. The first-order valence-electron chi connectivity index (χ1n) is 10.1. The van der Waals surface area contributed by atoms with Gasteiger partial charge in [0.25, 0.3) is 5.89 Å². The Kier molecular flexibility index (Phi) is 5.59. The first-order valence-corrected chi connectivity index (χ1v) is 11.0. The second kappa shape index (κ2) is 8.83. The molecule has 31 heavy (non-hydrogen) atoms. The molecule has 158 valence electrons. The predicted molar refractivity (Wildman–Crippen MR) is 115 cm³/mol. The first kappa shape index (κ1) is 19.7. The van der Waals surface area contributed by atoms with Crippen molar-refractivity contribution in [2.75, 3.05) is 26.2 Å². The minimum atomic E-state index is 0.0621. The maximum atomic E-state index is 12.7.